The summed E-state index contributed by atoms with van der Waals surface area (Å²) < 4.78 is 18.3. The van der Waals surface area contributed by atoms with Crippen LogP contribution in [0.4, 0.5) is 4.39 Å². The number of ether oxygens (including phenoxy) is 1. The average Bonchev–Trinajstić information content (AvgIpc) is 2.69. The Bertz CT molecular complexity index is 856. The van der Waals surface area contributed by atoms with Gasteiger partial charge in [0.05, 0.1) is 18.2 Å². The Hall–Kier alpha value is -2.74. The van der Waals surface area contributed by atoms with Gasteiger partial charge in [-0.15, -0.1) is 0 Å². The summed E-state index contributed by atoms with van der Waals surface area (Å²) in [5.41, 5.74) is 1.61. The minimum Gasteiger partial charge on any atom is -0.465 e. The monoisotopic (exact) mass is 450 g/mol. The van der Waals surface area contributed by atoms with Crippen LogP contribution in [0.15, 0.2) is 46.9 Å². The van der Waals surface area contributed by atoms with E-state index in [-0.39, 0.29) is 24.4 Å². The first kappa shape index (κ1) is 21.6. The minimum atomic E-state index is -0.509. The molecule has 0 radical (unpaired) electrons. The van der Waals surface area contributed by atoms with Gasteiger partial charge < -0.3 is 15.4 Å². The molecule has 0 bridgehead atoms. The highest BCUT2D eigenvalue weighted by Gasteiger charge is 2.11. The number of nitrogens with one attached hydrogen (secondary N) is 2. The Morgan fingerprint density at radius 2 is 1.75 bits per heavy atom. The summed E-state index contributed by atoms with van der Waals surface area (Å²) in [6.07, 6.45) is 0.718. The van der Waals surface area contributed by atoms with Crippen LogP contribution in [0.3, 0.4) is 0 Å². The largest absolute Gasteiger partial charge is 0.465 e. The fourth-order valence-corrected chi connectivity index (χ4v) is 2.84. The van der Waals surface area contributed by atoms with E-state index in [1.165, 1.54) is 19.2 Å². The van der Waals surface area contributed by atoms with Gasteiger partial charge in [0, 0.05) is 24.0 Å². The number of rotatable bonds is 8. The minimum absolute atomic E-state index is 0.111. The van der Waals surface area contributed by atoms with Gasteiger partial charge in [-0.3, -0.25) is 9.59 Å². The number of esters is 1. The van der Waals surface area contributed by atoms with Gasteiger partial charge in [-0.05, 0) is 58.2 Å². The highest BCUT2D eigenvalue weighted by molar-refractivity contribution is 9.10. The van der Waals surface area contributed by atoms with Crippen molar-refractivity contribution in [3.8, 4) is 0 Å². The van der Waals surface area contributed by atoms with E-state index in [2.05, 4.69) is 31.3 Å². The van der Waals surface area contributed by atoms with E-state index in [0.29, 0.717) is 23.0 Å². The van der Waals surface area contributed by atoms with Gasteiger partial charge in [-0.1, -0.05) is 12.1 Å². The molecular weight excluding hydrogens is 431 g/mol. The summed E-state index contributed by atoms with van der Waals surface area (Å²) in [6, 6.07) is 10.8. The molecule has 28 heavy (non-hydrogen) atoms. The fraction of sp³-hybridized carbons (Fsp3) is 0.250. The Balaban J connectivity index is 1.69. The quantitative estimate of drug-likeness (QED) is 0.605. The maximum atomic E-state index is 13.2. The summed E-state index contributed by atoms with van der Waals surface area (Å²) in [5, 5.41) is 5.35. The summed E-state index contributed by atoms with van der Waals surface area (Å²) in [6.45, 7) is 0.571. The highest BCUT2D eigenvalue weighted by Crippen LogP contribution is 2.17. The van der Waals surface area contributed by atoms with Crippen LogP contribution in [0, 0.1) is 5.82 Å². The van der Waals surface area contributed by atoms with Crippen molar-refractivity contribution >= 4 is 33.7 Å². The number of benzene rings is 2. The molecule has 2 aromatic rings. The van der Waals surface area contributed by atoms with Crippen molar-refractivity contribution < 1.29 is 23.5 Å². The van der Waals surface area contributed by atoms with Gasteiger partial charge in [0.25, 0.3) is 5.91 Å². The zero-order chi connectivity index (χ0) is 20.5. The number of amides is 2. The lowest BCUT2D eigenvalue weighted by Crippen LogP contribution is -2.31. The lowest BCUT2D eigenvalue weighted by Gasteiger charge is -2.08. The molecule has 0 heterocycles. The topological polar surface area (TPSA) is 84.5 Å². The van der Waals surface area contributed by atoms with Crippen LogP contribution in [0.25, 0.3) is 0 Å². The van der Waals surface area contributed by atoms with Gasteiger partial charge in [0.2, 0.25) is 5.91 Å². The molecule has 0 spiro atoms. The third kappa shape index (κ3) is 6.45. The van der Waals surface area contributed by atoms with E-state index in [1.54, 1.807) is 24.3 Å². The highest BCUT2D eigenvalue weighted by atomic mass is 79.9. The van der Waals surface area contributed by atoms with Gasteiger partial charge in [0.1, 0.15) is 5.82 Å². The van der Waals surface area contributed by atoms with Crippen LogP contribution in [0.2, 0.25) is 0 Å². The number of hydrogen-bond donors (Lipinski definition) is 2. The third-order valence-corrected chi connectivity index (χ3v) is 4.61. The third-order valence-electron chi connectivity index (χ3n) is 3.92. The van der Waals surface area contributed by atoms with Crippen molar-refractivity contribution in [2.45, 2.75) is 12.8 Å². The van der Waals surface area contributed by atoms with Crippen molar-refractivity contribution in [3.63, 3.8) is 0 Å². The lowest BCUT2D eigenvalue weighted by molar-refractivity contribution is -0.120. The zero-order valence-electron chi connectivity index (χ0n) is 15.3. The summed E-state index contributed by atoms with van der Waals surface area (Å²) in [7, 11) is 1.32. The maximum Gasteiger partial charge on any atom is 0.337 e. The predicted molar refractivity (Wildman–Crippen MR) is 106 cm³/mol. The molecule has 0 atom stereocenters. The molecule has 2 N–H and O–H groups in total. The van der Waals surface area contributed by atoms with Crippen molar-refractivity contribution in [2.24, 2.45) is 0 Å². The molecule has 2 rings (SSSR count). The second-order valence-corrected chi connectivity index (χ2v) is 6.77. The lowest BCUT2D eigenvalue weighted by atomic mass is 10.1. The molecule has 8 heteroatoms. The van der Waals surface area contributed by atoms with Crippen LogP contribution in [-0.4, -0.2) is 38.0 Å². The Morgan fingerprint density at radius 3 is 2.43 bits per heavy atom. The molecule has 0 aliphatic carbocycles. The molecule has 0 aliphatic heterocycles. The van der Waals surface area contributed by atoms with Gasteiger partial charge in [-0.2, -0.15) is 0 Å². The van der Waals surface area contributed by atoms with Gasteiger partial charge in [-0.25, -0.2) is 9.18 Å². The van der Waals surface area contributed by atoms with E-state index in [1.807, 2.05) is 0 Å². The molecule has 2 amide bonds. The first-order chi connectivity index (χ1) is 13.4. The van der Waals surface area contributed by atoms with E-state index in [4.69, 9.17) is 0 Å². The normalized spacial score (nSPS) is 10.2. The molecule has 0 saturated heterocycles. The van der Waals surface area contributed by atoms with Crippen LogP contribution < -0.4 is 10.6 Å². The summed E-state index contributed by atoms with van der Waals surface area (Å²) in [4.78, 5) is 35.3. The number of carbonyl (C=O) groups excluding carboxylic acids is 3. The van der Waals surface area contributed by atoms with Crippen molar-refractivity contribution in [2.75, 3.05) is 20.2 Å². The molecule has 0 unspecified atom stereocenters. The Morgan fingerprint density at radius 1 is 1.04 bits per heavy atom. The van der Waals surface area contributed by atoms with Crippen molar-refractivity contribution in [3.05, 3.63) is 69.4 Å². The molecule has 0 saturated carbocycles. The SMILES string of the molecule is COC(=O)c1ccc(CCNC(=O)CCNC(=O)c2cc(F)ccc2Br)cc1. The van der Waals surface area contributed by atoms with Crippen LogP contribution in [-0.2, 0) is 16.0 Å². The number of carbonyl (C=O) groups is 3. The standard InChI is InChI=1S/C20H20BrFN2O4/c1-28-20(27)14-4-2-13(3-5-14)8-10-23-18(25)9-11-24-19(26)16-12-15(22)6-7-17(16)21/h2-7,12H,8-11H2,1H3,(H,23,25)(H,24,26). The zero-order valence-corrected chi connectivity index (χ0v) is 16.8. The van der Waals surface area contributed by atoms with E-state index in [0.717, 1.165) is 11.6 Å². The molecule has 148 valence electrons. The van der Waals surface area contributed by atoms with Crippen LogP contribution in [0.5, 0.6) is 0 Å². The van der Waals surface area contributed by atoms with Crippen LogP contribution >= 0.6 is 15.9 Å². The second-order valence-electron chi connectivity index (χ2n) is 5.92. The average molecular weight is 451 g/mol. The van der Waals surface area contributed by atoms with Crippen molar-refractivity contribution in [1.29, 1.82) is 0 Å². The van der Waals surface area contributed by atoms with E-state index in [9.17, 15) is 18.8 Å². The molecule has 0 aliphatic rings. The van der Waals surface area contributed by atoms with Gasteiger partial charge >= 0.3 is 5.97 Å². The molecule has 6 nitrogen and oxygen atoms in total. The first-order valence-corrected chi connectivity index (χ1v) is 9.37. The molecule has 2 aromatic carbocycles. The summed E-state index contributed by atoms with van der Waals surface area (Å²) in [5.74, 6) is -1.56. The Labute approximate surface area is 170 Å². The molecule has 0 fully saturated rings. The fourth-order valence-electron chi connectivity index (χ4n) is 2.42. The first-order valence-electron chi connectivity index (χ1n) is 8.58. The smallest absolute Gasteiger partial charge is 0.337 e. The number of halogens is 2. The Kier molecular flexibility index (Phi) is 8.13. The molecular formula is C20H20BrFN2O4. The maximum absolute atomic E-state index is 13.2. The predicted octanol–water partition coefficient (Wildman–Crippen LogP) is 2.85. The van der Waals surface area contributed by atoms with E-state index < -0.39 is 17.7 Å². The molecule has 0 aromatic heterocycles. The van der Waals surface area contributed by atoms with E-state index >= 15 is 0 Å². The van der Waals surface area contributed by atoms with Crippen molar-refractivity contribution in [1.82, 2.24) is 10.6 Å². The summed E-state index contributed by atoms with van der Waals surface area (Å²) >= 11 is 3.19. The number of methoxy groups -OCH3 is 1. The second kappa shape index (κ2) is 10.6. The van der Waals surface area contributed by atoms with Crippen LogP contribution in [0.1, 0.15) is 32.7 Å². The van der Waals surface area contributed by atoms with Gasteiger partial charge in [0.15, 0.2) is 0 Å². The number of hydrogen-bond acceptors (Lipinski definition) is 4.